The number of rotatable bonds is 3. The molecule has 1 aromatic carbocycles. The number of benzene rings is 1. The van der Waals surface area contributed by atoms with Gasteiger partial charge in [-0.1, -0.05) is 96.1 Å². The van der Waals surface area contributed by atoms with E-state index in [0.29, 0.717) is 0 Å². The van der Waals surface area contributed by atoms with Gasteiger partial charge in [0, 0.05) is 0 Å². The smallest absolute Gasteiger partial charge is 0.00928 e. The standard InChI is InChI=1S/C28H40.C2H6/c1-2-20-7-5-11-23(17-20)25-15-14-22-10-6-12-27(28(22)19-25)26-16-13-21-8-3-4-9-24(21)18-26;1-2/h6,10,14-15,19-21,23-24,26-27H,2-5,7-9,11-13,16-18H2,1H3;1-2H3/t20-,21+,23+,24?,26-,27?;/m0./s1. The van der Waals surface area contributed by atoms with Crippen molar-refractivity contribution in [2.24, 2.45) is 23.7 Å². The maximum atomic E-state index is 2.68. The lowest BCUT2D eigenvalue weighted by atomic mass is 9.62. The zero-order valence-corrected chi connectivity index (χ0v) is 20.0. The van der Waals surface area contributed by atoms with Crippen molar-refractivity contribution < 1.29 is 0 Å². The minimum Gasteiger partial charge on any atom is -0.0833 e. The van der Waals surface area contributed by atoms with E-state index in [1.807, 2.05) is 13.8 Å². The Balaban J connectivity index is 0.00000106. The van der Waals surface area contributed by atoms with E-state index in [-0.39, 0.29) is 0 Å². The van der Waals surface area contributed by atoms with Gasteiger partial charge in [-0.15, -0.1) is 0 Å². The Kier molecular flexibility index (Phi) is 7.77. The molecule has 0 bridgehead atoms. The molecular formula is C30H46. The van der Waals surface area contributed by atoms with Crippen LogP contribution in [-0.4, -0.2) is 0 Å². The zero-order valence-electron chi connectivity index (χ0n) is 20.0. The Morgan fingerprint density at radius 1 is 0.800 bits per heavy atom. The minimum atomic E-state index is 0.799. The molecule has 0 spiro atoms. The van der Waals surface area contributed by atoms with E-state index in [4.69, 9.17) is 0 Å². The molecule has 166 valence electrons. The van der Waals surface area contributed by atoms with Gasteiger partial charge >= 0.3 is 0 Å². The molecule has 3 saturated carbocycles. The van der Waals surface area contributed by atoms with Crippen LogP contribution in [0.3, 0.4) is 0 Å². The Hall–Kier alpha value is -1.04. The number of hydrogen-bond acceptors (Lipinski definition) is 0. The second-order valence-corrected chi connectivity index (χ2v) is 10.6. The summed E-state index contributed by atoms with van der Waals surface area (Å²) in [4.78, 5) is 0. The SMILES string of the molecule is CC.CC[C@H]1CCC[C@@H](c2ccc3c(c2)C([C@H]2CC[C@H]4CCCCC4C2)CC=C3)C1. The predicted molar refractivity (Wildman–Crippen MR) is 132 cm³/mol. The van der Waals surface area contributed by atoms with Gasteiger partial charge in [0.15, 0.2) is 0 Å². The first kappa shape index (κ1) is 22.2. The van der Waals surface area contributed by atoms with Crippen LogP contribution in [0, 0.1) is 23.7 Å². The Morgan fingerprint density at radius 3 is 2.43 bits per heavy atom. The number of hydrogen-bond donors (Lipinski definition) is 0. The molecule has 3 fully saturated rings. The Labute approximate surface area is 186 Å². The molecule has 0 aromatic heterocycles. The molecule has 0 N–H and O–H groups in total. The van der Waals surface area contributed by atoms with Crippen molar-refractivity contribution in [1.82, 2.24) is 0 Å². The average molecular weight is 407 g/mol. The fourth-order valence-corrected chi connectivity index (χ4v) is 7.47. The lowest BCUT2D eigenvalue weighted by molar-refractivity contribution is 0.116. The summed E-state index contributed by atoms with van der Waals surface area (Å²) in [7, 11) is 0. The van der Waals surface area contributed by atoms with Crippen molar-refractivity contribution in [1.29, 1.82) is 0 Å². The van der Waals surface area contributed by atoms with Crippen molar-refractivity contribution in [3.8, 4) is 0 Å². The molecule has 4 aliphatic carbocycles. The third-order valence-electron chi connectivity index (χ3n) is 9.18. The Bertz CT molecular complexity index is 698. The van der Waals surface area contributed by atoms with Crippen LogP contribution in [-0.2, 0) is 0 Å². The highest BCUT2D eigenvalue weighted by atomic mass is 14.4. The summed E-state index contributed by atoms with van der Waals surface area (Å²) in [5.74, 6) is 5.65. The van der Waals surface area contributed by atoms with Crippen LogP contribution in [0.2, 0.25) is 0 Å². The molecule has 0 aliphatic heterocycles. The van der Waals surface area contributed by atoms with Crippen LogP contribution in [0.4, 0.5) is 0 Å². The molecule has 4 aliphatic rings. The fourth-order valence-electron chi connectivity index (χ4n) is 7.47. The summed E-state index contributed by atoms with van der Waals surface area (Å²) in [5, 5.41) is 0. The molecule has 2 unspecified atom stereocenters. The summed E-state index contributed by atoms with van der Waals surface area (Å²) >= 11 is 0. The maximum Gasteiger partial charge on any atom is -0.00928 e. The van der Waals surface area contributed by atoms with E-state index in [9.17, 15) is 0 Å². The summed E-state index contributed by atoms with van der Waals surface area (Å²) in [6.07, 6.45) is 23.9. The second kappa shape index (κ2) is 10.5. The molecule has 0 radical (unpaired) electrons. The van der Waals surface area contributed by atoms with E-state index in [2.05, 4.69) is 37.3 Å². The lowest BCUT2D eigenvalue weighted by Gasteiger charge is -2.43. The third-order valence-corrected chi connectivity index (χ3v) is 9.18. The van der Waals surface area contributed by atoms with Crippen LogP contribution >= 0.6 is 0 Å². The molecule has 5 rings (SSSR count). The second-order valence-electron chi connectivity index (χ2n) is 10.6. The summed E-state index contributed by atoms with van der Waals surface area (Å²) in [5.41, 5.74) is 4.93. The van der Waals surface area contributed by atoms with Gasteiger partial charge in [0.05, 0.1) is 0 Å². The van der Waals surface area contributed by atoms with Crippen molar-refractivity contribution in [2.75, 3.05) is 0 Å². The summed E-state index contributed by atoms with van der Waals surface area (Å²) in [6.45, 7) is 6.39. The Morgan fingerprint density at radius 2 is 1.60 bits per heavy atom. The van der Waals surface area contributed by atoms with Gasteiger partial charge in [0.1, 0.15) is 0 Å². The van der Waals surface area contributed by atoms with Crippen LogP contribution in [0.25, 0.3) is 6.08 Å². The summed E-state index contributed by atoms with van der Waals surface area (Å²) in [6, 6.07) is 7.63. The van der Waals surface area contributed by atoms with Crippen molar-refractivity contribution in [2.45, 2.75) is 116 Å². The van der Waals surface area contributed by atoms with E-state index >= 15 is 0 Å². The van der Waals surface area contributed by atoms with Crippen LogP contribution in [0.15, 0.2) is 24.3 Å². The van der Waals surface area contributed by atoms with Crippen molar-refractivity contribution in [3.05, 3.63) is 41.0 Å². The minimum absolute atomic E-state index is 0.799. The first-order valence-electron chi connectivity index (χ1n) is 13.6. The highest BCUT2D eigenvalue weighted by molar-refractivity contribution is 5.59. The van der Waals surface area contributed by atoms with Gasteiger partial charge in [0.2, 0.25) is 0 Å². The lowest BCUT2D eigenvalue weighted by Crippen LogP contribution is -2.31. The van der Waals surface area contributed by atoms with Gasteiger partial charge in [0.25, 0.3) is 0 Å². The molecule has 6 atom stereocenters. The van der Waals surface area contributed by atoms with E-state index in [1.54, 1.807) is 11.1 Å². The highest BCUT2D eigenvalue weighted by Crippen LogP contribution is 2.50. The molecule has 0 heteroatoms. The quantitative estimate of drug-likeness (QED) is 0.469. The van der Waals surface area contributed by atoms with Crippen molar-refractivity contribution >= 4 is 6.08 Å². The van der Waals surface area contributed by atoms with E-state index in [0.717, 1.165) is 35.5 Å². The van der Waals surface area contributed by atoms with Gasteiger partial charge in [-0.3, -0.25) is 0 Å². The largest absolute Gasteiger partial charge is 0.0833 e. The monoisotopic (exact) mass is 406 g/mol. The number of fused-ring (bicyclic) bond motifs is 2. The van der Waals surface area contributed by atoms with E-state index < -0.39 is 0 Å². The van der Waals surface area contributed by atoms with Gasteiger partial charge in [-0.05, 0) is 90.7 Å². The first-order chi connectivity index (χ1) is 14.8. The van der Waals surface area contributed by atoms with Gasteiger partial charge < -0.3 is 0 Å². The molecule has 0 amide bonds. The molecule has 0 heterocycles. The van der Waals surface area contributed by atoms with Gasteiger partial charge in [-0.25, -0.2) is 0 Å². The fraction of sp³-hybridized carbons (Fsp3) is 0.733. The average Bonchev–Trinajstić information content (AvgIpc) is 2.84. The van der Waals surface area contributed by atoms with Crippen LogP contribution < -0.4 is 0 Å². The highest BCUT2D eigenvalue weighted by Gasteiger charge is 2.36. The summed E-state index contributed by atoms with van der Waals surface area (Å²) < 4.78 is 0. The predicted octanol–water partition coefficient (Wildman–Crippen LogP) is 9.50. The maximum absolute atomic E-state index is 2.68. The van der Waals surface area contributed by atoms with Crippen LogP contribution in [0.1, 0.15) is 133 Å². The third kappa shape index (κ3) is 4.73. The molecule has 1 aromatic rings. The normalized spacial score (nSPS) is 35.6. The first-order valence-corrected chi connectivity index (χ1v) is 13.6. The molecule has 30 heavy (non-hydrogen) atoms. The molecular weight excluding hydrogens is 360 g/mol. The van der Waals surface area contributed by atoms with Crippen LogP contribution in [0.5, 0.6) is 0 Å². The zero-order chi connectivity index (χ0) is 20.9. The number of allylic oxidation sites excluding steroid dienone is 1. The molecule has 0 saturated heterocycles. The topological polar surface area (TPSA) is 0 Å². The molecule has 0 nitrogen and oxygen atoms in total. The van der Waals surface area contributed by atoms with Crippen molar-refractivity contribution in [3.63, 3.8) is 0 Å². The van der Waals surface area contributed by atoms with Gasteiger partial charge in [-0.2, -0.15) is 0 Å². The van der Waals surface area contributed by atoms with E-state index in [1.165, 1.54) is 89.0 Å².